The van der Waals surface area contributed by atoms with Gasteiger partial charge in [0.1, 0.15) is 5.75 Å². The van der Waals surface area contributed by atoms with Crippen molar-refractivity contribution in [2.45, 2.75) is 11.8 Å². The van der Waals surface area contributed by atoms with Crippen LogP contribution in [-0.2, 0) is 0 Å². The van der Waals surface area contributed by atoms with Gasteiger partial charge in [-0.15, -0.1) is 24.0 Å². The minimum Gasteiger partial charge on any atom is -0.491 e. The first-order chi connectivity index (χ1) is 6.74. The van der Waals surface area contributed by atoms with Crippen molar-refractivity contribution in [3.63, 3.8) is 0 Å². The molecule has 2 N–H and O–H groups in total. The van der Waals surface area contributed by atoms with Crippen LogP contribution in [0.3, 0.4) is 0 Å². The lowest BCUT2D eigenvalue weighted by molar-refractivity contribution is 0.337. The average molecular weight is 225 g/mol. The van der Waals surface area contributed by atoms with Crippen LogP contribution in [-0.4, -0.2) is 6.61 Å². The van der Waals surface area contributed by atoms with Crippen LogP contribution in [0.5, 0.6) is 5.75 Å². The second-order valence-electron chi connectivity index (χ2n) is 2.91. The lowest BCUT2D eigenvalue weighted by atomic mass is 10.2. The van der Waals surface area contributed by atoms with Crippen molar-refractivity contribution in [2.24, 2.45) is 0 Å². The van der Waals surface area contributed by atoms with E-state index >= 15 is 0 Å². The molecule has 0 spiro atoms. The Labute approximate surface area is 92.1 Å². The summed E-state index contributed by atoms with van der Waals surface area (Å²) >= 11 is 5.95. The summed E-state index contributed by atoms with van der Waals surface area (Å²) in [4.78, 5) is 0.862. The number of fused-ring (bicyclic) bond motifs is 1. The number of thiol groups is 1. The fraction of sp³-hybridized carbons (Fsp3) is 0.200. The normalized spacial score (nSPS) is 10.7. The van der Waals surface area contributed by atoms with E-state index in [1.807, 2.05) is 24.4 Å². The number of hydrogen-bond acceptors (Lipinski definition) is 4. The quantitative estimate of drug-likeness (QED) is 0.770. The highest BCUT2D eigenvalue weighted by atomic mass is 32.1. The van der Waals surface area contributed by atoms with Crippen LogP contribution in [0, 0.1) is 0 Å². The number of benzene rings is 1. The van der Waals surface area contributed by atoms with Gasteiger partial charge in [-0.3, -0.25) is 0 Å². The predicted molar refractivity (Wildman–Crippen MR) is 64.7 cm³/mol. The number of nitrogen functional groups attached to an aromatic ring is 1. The number of anilines is 1. The van der Waals surface area contributed by atoms with Gasteiger partial charge in [-0.05, 0) is 13.0 Å². The van der Waals surface area contributed by atoms with Gasteiger partial charge in [0.2, 0.25) is 0 Å². The molecule has 0 aliphatic rings. The molecular formula is C10H11NOS2. The van der Waals surface area contributed by atoms with Crippen LogP contribution in [0.25, 0.3) is 10.1 Å². The molecule has 0 aliphatic carbocycles. The topological polar surface area (TPSA) is 35.2 Å². The Bertz CT molecular complexity index is 464. The molecule has 1 aromatic carbocycles. The minimum atomic E-state index is 0.643. The van der Waals surface area contributed by atoms with Crippen molar-refractivity contribution in [1.82, 2.24) is 0 Å². The molecular weight excluding hydrogens is 214 g/mol. The van der Waals surface area contributed by atoms with Gasteiger partial charge in [-0.1, -0.05) is 6.07 Å². The van der Waals surface area contributed by atoms with E-state index in [9.17, 15) is 0 Å². The van der Waals surface area contributed by atoms with Gasteiger partial charge in [0, 0.05) is 15.7 Å². The maximum atomic E-state index is 5.82. The number of hydrogen-bond donors (Lipinski definition) is 2. The van der Waals surface area contributed by atoms with Crippen LogP contribution in [0.4, 0.5) is 5.69 Å². The predicted octanol–water partition coefficient (Wildman–Crippen LogP) is 3.17. The van der Waals surface area contributed by atoms with E-state index in [0.29, 0.717) is 6.61 Å². The summed E-state index contributed by atoms with van der Waals surface area (Å²) in [5, 5.41) is 2.98. The summed E-state index contributed by atoms with van der Waals surface area (Å²) in [7, 11) is 0. The zero-order valence-electron chi connectivity index (χ0n) is 7.78. The maximum absolute atomic E-state index is 5.82. The molecule has 0 bridgehead atoms. The minimum absolute atomic E-state index is 0.643. The molecule has 0 unspecified atom stereocenters. The molecule has 0 fully saturated rings. The number of rotatable bonds is 2. The third-order valence-electron chi connectivity index (χ3n) is 1.99. The van der Waals surface area contributed by atoms with Crippen LogP contribution < -0.4 is 10.5 Å². The van der Waals surface area contributed by atoms with Crippen LogP contribution in [0.1, 0.15) is 6.92 Å². The third kappa shape index (κ3) is 1.44. The Morgan fingerprint density at radius 1 is 1.50 bits per heavy atom. The first-order valence-corrected chi connectivity index (χ1v) is 5.68. The Morgan fingerprint density at radius 3 is 3.00 bits per heavy atom. The van der Waals surface area contributed by atoms with E-state index in [-0.39, 0.29) is 0 Å². The Balaban J connectivity index is 2.70. The first-order valence-electron chi connectivity index (χ1n) is 4.35. The molecule has 0 amide bonds. The van der Waals surface area contributed by atoms with Gasteiger partial charge in [0.25, 0.3) is 0 Å². The molecule has 1 aromatic heterocycles. The van der Waals surface area contributed by atoms with Gasteiger partial charge in [0.05, 0.1) is 17.0 Å². The second-order valence-corrected chi connectivity index (χ2v) is 4.28. The summed E-state index contributed by atoms with van der Waals surface area (Å²) in [5.41, 5.74) is 6.63. The molecule has 0 saturated heterocycles. The Morgan fingerprint density at radius 2 is 2.29 bits per heavy atom. The van der Waals surface area contributed by atoms with Gasteiger partial charge in [-0.2, -0.15) is 0 Å². The van der Waals surface area contributed by atoms with E-state index in [4.69, 9.17) is 10.5 Å². The van der Waals surface area contributed by atoms with Gasteiger partial charge >= 0.3 is 0 Å². The molecule has 2 rings (SSSR count). The highest BCUT2D eigenvalue weighted by Crippen LogP contribution is 2.39. The standard InChI is InChI=1S/C10H11NOS2/c1-2-12-9-8(13)4-3-6-7(11)5-14-10(6)9/h3-5,13H,2,11H2,1H3. The lowest BCUT2D eigenvalue weighted by Crippen LogP contribution is -1.92. The van der Waals surface area contributed by atoms with E-state index in [0.717, 1.165) is 26.4 Å². The molecule has 2 aromatic rings. The highest BCUT2D eigenvalue weighted by molar-refractivity contribution is 7.80. The molecule has 0 atom stereocenters. The summed E-state index contributed by atoms with van der Waals surface area (Å²) in [5.74, 6) is 0.843. The average Bonchev–Trinajstić information content (AvgIpc) is 2.53. The van der Waals surface area contributed by atoms with Crippen molar-refractivity contribution in [3.8, 4) is 5.75 Å². The van der Waals surface area contributed by atoms with E-state index in [2.05, 4.69) is 12.6 Å². The molecule has 1 heterocycles. The van der Waals surface area contributed by atoms with Crippen molar-refractivity contribution in [1.29, 1.82) is 0 Å². The number of ether oxygens (including phenoxy) is 1. The first kappa shape index (κ1) is 9.68. The molecule has 4 heteroatoms. The van der Waals surface area contributed by atoms with Crippen molar-refractivity contribution in [2.75, 3.05) is 12.3 Å². The number of thiophene rings is 1. The molecule has 2 nitrogen and oxygen atoms in total. The second kappa shape index (κ2) is 3.71. The highest BCUT2D eigenvalue weighted by Gasteiger charge is 2.09. The van der Waals surface area contributed by atoms with Gasteiger partial charge in [-0.25, -0.2) is 0 Å². The summed E-state index contributed by atoms with van der Waals surface area (Å²) in [6.07, 6.45) is 0. The van der Waals surface area contributed by atoms with Crippen molar-refractivity contribution in [3.05, 3.63) is 17.5 Å². The Kier molecular flexibility index (Phi) is 2.56. The fourth-order valence-electron chi connectivity index (χ4n) is 1.37. The summed E-state index contributed by atoms with van der Waals surface area (Å²) < 4.78 is 6.62. The molecule has 14 heavy (non-hydrogen) atoms. The molecule has 0 aliphatic heterocycles. The van der Waals surface area contributed by atoms with Crippen LogP contribution in [0.2, 0.25) is 0 Å². The molecule has 0 radical (unpaired) electrons. The summed E-state index contributed by atoms with van der Waals surface area (Å²) in [6, 6.07) is 3.89. The van der Waals surface area contributed by atoms with E-state index in [1.165, 1.54) is 0 Å². The number of nitrogens with two attached hydrogens (primary N) is 1. The monoisotopic (exact) mass is 225 g/mol. The fourth-order valence-corrected chi connectivity index (χ4v) is 2.65. The molecule has 0 saturated carbocycles. The van der Waals surface area contributed by atoms with Crippen LogP contribution >= 0.6 is 24.0 Å². The van der Waals surface area contributed by atoms with Crippen LogP contribution in [0.15, 0.2) is 22.4 Å². The maximum Gasteiger partial charge on any atom is 0.150 e. The Hall–Kier alpha value is -0.870. The zero-order chi connectivity index (χ0) is 10.1. The third-order valence-corrected chi connectivity index (χ3v) is 3.36. The van der Waals surface area contributed by atoms with E-state index < -0.39 is 0 Å². The summed E-state index contributed by atoms with van der Waals surface area (Å²) in [6.45, 7) is 2.60. The van der Waals surface area contributed by atoms with Crippen molar-refractivity contribution < 1.29 is 4.74 Å². The zero-order valence-corrected chi connectivity index (χ0v) is 9.49. The van der Waals surface area contributed by atoms with Gasteiger partial charge in [0.15, 0.2) is 0 Å². The lowest BCUT2D eigenvalue weighted by Gasteiger charge is -2.07. The van der Waals surface area contributed by atoms with Gasteiger partial charge < -0.3 is 10.5 Å². The van der Waals surface area contributed by atoms with E-state index in [1.54, 1.807) is 11.3 Å². The SMILES string of the molecule is CCOc1c(S)ccc2c(N)csc12. The van der Waals surface area contributed by atoms with Crippen molar-refractivity contribution >= 4 is 39.7 Å². The largest absolute Gasteiger partial charge is 0.491 e. The smallest absolute Gasteiger partial charge is 0.150 e. The molecule has 74 valence electrons.